The lowest BCUT2D eigenvalue weighted by molar-refractivity contribution is -0.167. The predicted molar refractivity (Wildman–Crippen MR) is 349 cm³/mol. The molecule has 0 saturated heterocycles. The molecule has 1 atom stereocenters. The van der Waals surface area contributed by atoms with Crippen molar-refractivity contribution < 1.29 is 28.6 Å². The van der Waals surface area contributed by atoms with Gasteiger partial charge in [-0.2, -0.15) is 0 Å². The van der Waals surface area contributed by atoms with Crippen molar-refractivity contribution in [1.82, 2.24) is 0 Å². The van der Waals surface area contributed by atoms with Crippen molar-refractivity contribution in [3.63, 3.8) is 0 Å². The molecular weight excluding hydrogens is 985 g/mol. The van der Waals surface area contributed by atoms with Crippen LogP contribution in [0.3, 0.4) is 0 Å². The molecule has 6 nitrogen and oxygen atoms in total. The van der Waals surface area contributed by atoms with Gasteiger partial charge in [-0.15, -0.1) is 0 Å². The third-order valence-electron chi connectivity index (χ3n) is 16.4. The Balaban J connectivity index is 4.29. The van der Waals surface area contributed by atoms with Crippen molar-refractivity contribution in [3.8, 4) is 0 Å². The maximum absolute atomic E-state index is 13.0. The maximum Gasteiger partial charge on any atom is 0.306 e. The molecule has 0 fully saturated rings. The highest BCUT2D eigenvalue weighted by Gasteiger charge is 2.19. The van der Waals surface area contributed by atoms with Crippen molar-refractivity contribution in [2.24, 2.45) is 0 Å². The zero-order valence-corrected chi connectivity index (χ0v) is 54.1. The molecule has 0 aliphatic heterocycles. The minimum atomic E-state index is -0.773. The summed E-state index contributed by atoms with van der Waals surface area (Å²) in [5.41, 5.74) is 0. The lowest BCUT2D eigenvalue weighted by Crippen LogP contribution is -2.30. The van der Waals surface area contributed by atoms with Crippen LogP contribution in [0.15, 0.2) is 36.5 Å². The van der Waals surface area contributed by atoms with Gasteiger partial charge in [-0.05, 0) is 77.0 Å². The Hall–Kier alpha value is -2.37. The van der Waals surface area contributed by atoms with Gasteiger partial charge in [0.05, 0.1) is 0 Å². The minimum absolute atomic E-state index is 0.0686. The van der Waals surface area contributed by atoms with E-state index in [0.29, 0.717) is 19.3 Å². The Morgan fingerprint density at radius 3 is 0.700 bits per heavy atom. The Kier molecular flexibility index (Phi) is 67.1. The average Bonchev–Trinajstić information content (AvgIpc) is 3.46. The maximum atomic E-state index is 13.0. The first kappa shape index (κ1) is 77.6. The van der Waals surface area contributed by atoms with Crippen LogP contribution < -0.4 is 0 Å². The van der Waals surface area contributed by atoms with E-state index in [1.54, 1.807) is 0 Å². The molecule has 0 rings (SSSR count). The van der Waals surface area contributed by atoms with E-state index in [-0.39, 0.29) is 31.1 Å². The first-order valence-electron chi connectivity index (χ1n) is 36.0. The SMILES string of the molecule is CCCCCCC/C=C\C/C=C\CCCCCCCCCCCCCCCC(=O)OCC(COC(=O)CCCCCCCCC/C=C\CCCCCCCCC)OC(=O)CCCCCCCCCCCCCCCCCCCCC. The van der Waals surface area contributed by atoms with Gasteiger partial charge in [0.1, 0.15) is 13.2 Å². The molecule has 6 heteroatoms. The van der Waals surface area contributed by atoms with Crippen LogP contribution in [-0.2, 0) is 28.6 Å². The molecule has 0 spiro atoms. The molecule has 0 aromatic carbocycles. The van der Waals surface area contributed by atoms with E-state index in [1.165, 1.54) is 295 Å². The Morgan fingerprint density at radius 2 is 0.450 bits per heavy atom. The molecule has 80 heavy (non-hydrogen) atoms. The quantitative estimate of drug-likeness (QED) is 0.0261. The van der Waals surface area contributed by atoms with E-state index >= 15 is 0 Å². The van der Waals surface area contributed by atoms with E-state index in [2.05, 4.69) is 57.2 Å². The molecule has 0 bridgehead atoms. The standard InChI is InChI=1S/C74H138O6/c1-4-7-10-13-16-19-22-25-28-31-34-35-36-37-38-39-41-43-46-49-52-55-58-61-64-67-73(76)79-70-71(69-78-72(75)66-63-60-57-54-51-48-45-42-33-30-27-24-21-18-15-12-9-6-3)80-74(77)68-65-62-59-56-53-50-47-44-40-32-29-26-23-20-17-14-11-8-5-2/h22,25,30-31,33-34,71H,4-21,23-24,26-29,32,35-70H2,1-3H3/b25-22-,33-30-,34-31-. The molecular formula is C74H138O6. The first-order chi connectivity index (χ1) is 39.5. The largest absolute Gasteiger partial charge is 0.462 e. The van der Waals surface area contributed by atoms with Gasteiger partial charge < -0.3 is 14.2 Å². The van der Waals surface area contributed by atoms with E-state index < -0.39 is 6.10 Å². The van der Waals surface area contributed by atoms with Crippen LogP contribution in [0.25, 0.3) is 0 Å². The summed E-state index contributed by atoms with van der Waals surface area (Å²) in [7, 11) is 0. The van der Waals surface area contributed by atoms with Gasteiger partial charge in [0, 0.05) is 19.3 Å². The molecule has 0 radical (unpaired) electrons. The number of carbonyl (C=O) groups excluding carboxylic acids is 3. The van der Waals surface area contributed by atoms with Crippen LogP contribution in [0.5, 0.6) is 0 Å². The normalized spacial score (nSPS) is 12.2. The first-order valence-corrected chi connectivity index (χ1v) is 36.0. The number of hydrogen-bond donors (Lipinski definition) is 0. The molecule has 0 saturated carbocycles. The van der Waals surface area contributed by atoms with Crippen LogP contribution in [0.1, 0.15) is 400 Å². The third kappa shape index (κ3) is 66.4. The number of carbonyl (C=O) groups is 3. The molecule has 0 amide bonds. The molecule has 0 aliphatic rings. The molecule has 0 heterocycles. The number of rotatable bonds is 67. The summed E-state index contributed by atoms with van der Waals surface area (Å²) in [6.45, 7) is 6.71. The second kappa shape index (κ2) is 69.1. The fourth-order valence-corrected chi connectivity index (χ4v) is 10.9. The molecule has 470 valence electrons. The second-order valence-electron chi connectivity index (χ2n) is 24.5. The fourth-order valence-electron chi connectivity index (χ4n) is 10.9. The topological polar surface area (TPSA) is 78.9 Å². The molecule has 0 N–H and O–H groups in total. The molecule has 0 aromatic rings. The van der Waals surface area contributed by atoms with Crippen LogP contribution in [0.2, 0.25) is 0 Å². The average molecular weight is 1120 g/mol. The lowest BCUT2D eigenvalue weighted by atomic mass is 10.0. The Morgan fingerprint density at radius 1 is 0.250 bits per heavy atom. The van der Waals surface area contributed by atoms with Crippen LogP contribution in [0.4, 0.5) is 0 Å². The summed E-state index contributed by atoms with van der Waals surface area (Å²) in [4.78, 5) is 38.5. The van der Waals surface area contributed by atoms with Gasteiger partial charge in [-0.1, -0.05) is 340 Å². The second-order valence-corrected chi connectivity index (χ2v) is 24.5. The van der Waals surface area contributed by atoms with E-state index in [9.17, 15) is 14.4 Å². The predicted octanol–water partition coefficient (Wildman–Crippen LogP) is 24.7. The van der Waals surface area contributed by atoms with Gasteiger partial charge >= 0.3 is 17.9 Å². The van der Waals surface area contributed by atoms with Crippen molar-refractivity contribution in [2.75, 3.05) is 13.2 Å². The zero-order chi connectivity index (χ0) is 57.8. The number of hydrogen-bond acceptors (Lipinski definition) is 6. The van der Waals surface area contributed by atoms with E-state index in [1.807, 2.05) is 0 Å². The van der Waals surface area contributed by atoms with Crippen LogP contribution in [-0.4, -0.2) is 37.2 Å². The summed E-state index contributed by atoms with van der Waals surface area (Å²) < 4.78 is 17.0. The summed E-state index contributed by atoms with van der Waals surface area (Å²) in [5.74, 6) is -0.842. The third-order valence-corrected chi connectivity index (χ3v) is 16.4. The van der Waals surface area contributed by atoms with Gasteiger partial charge in [0.2, 0.25) is 0 Å². The van der Waals surface area contributed by atoms with Crippen LogP contribution in [0, 0.1) is 0 Å². The highest BCUT2D eigenvalue weighted by molar-refractivity contribution is 5.71. The lowest BCUT2D eigenvalue weighted by Gasteiger charge is -2.18. The highest BCUT2D eigenvalue weighted by Crippen LogP contribution is 2.18. The van der Waals surface area contributed by atoms with E-state index in [4.69, 9.17) is 14.2 Å². The van der Waals surface area contributed by atoms with Gasteiger partial charge in [-0.3, -0.25) is 14.4 Å². The number of unbranched alkanes of at least 4 members (excludes halogenated alkanes) is 50. The zero-order valence-electron chi connectivity index (χ0n) is 54.1. The Bertz CT molecular complexity index is 1340. The van der Waals surface area contributed by atoms with Gasteiger partial charge in [0.25, 0.3) is 0 Å². The smallest absolute Gasteiger partial charge is 0.306 e. The van der Waals surface area contributed by atoms with Gasteiger partial charge in [-0.25, -0.2) is 0 Å². The number of esters is 3. The summed E-state index contributed by atoms with van der Waals surface area (Å²) in [6.07, 6.45) is 86.0. The van der Waals surface area contributed by atoms with Crippen LogP contribution >= 0.6 is 0 Å². The van der Waals surface area contributed by atoms with Crippen molar-refractivity contribution in [3.05, 3.63) is 36.5 Å². The van der Waals surface area contributed by atoms with Gasteiger partial charge in [0.15, 0.2) is 6.10 Å². The molecule has 1 unspecified atom stereocenters. The van der Waals surface area contributed by atoms with E-state index in [0.717, 1.165) is 64.2 Å². The number of allylic oxidation sites excluding steroid dienone is 6. The fraction of sp³-hybridized carbons (Fsp3) is 0.878. The van der Waals surface area contributed by atoms with Crippen molar-refractivity contribution in [1.29, 1.82) is 0 Å². The highest BCUT2D eigenvalue weighted by atomic mass is 16.6. The molecule has 0 aliphatic carbocycles. The summed E-state index contributed by atoms with van der Waals surface area (Å²) >= 11 is 0. The monoisotopic (exact) mass is 1120 g/mol. The molecule has 0 aromatic heterocycles. The number of ether oxygens (including phenoxy) is 3. The van der Waals surface area contributed by atoms with Crippen molar-refractivity contribution >= 4 is 17.9 Å². The minimum Gasteiger partial charge on any atom is -0.462 e. The Labute approximate surface area is 499 Å². The summed E-state index contributed by atoms with van der Waals surface area (Å²) in [6, 6.07) is 0. The van der Waals surface area contributed by atoms with Crippen molar-refractivity contribution in [2.45, 2.75) is 406 Å². The summed E-state index contributed by atoms with van der Waals surface area (Å²) in [5, 5.41) is 0.